The van der Waals surface area contributed by atoms with E-state index in [-0.39, 0.29) is 36.6 Å². The molecule has 0 heterocycles. The highest BCUT2D eigenvalue weighted by Gasteiger charge is 2.55. The molecule has 1 unspecified atom stereocenters. The molecular weight excluding hydrogens is 304 g/mol. The number of phenols is 1. The first kappa shape index (κ1) is 17.4. The number of carbonyl (C=O) groups excluding carboxylic acids is 1. The molecule has 0 radical (unpaired) electrons. The Kier molecular flexibility index (Phi) is 4.25. The van der Waals surface area contributed by atoms with Crippen molar-refractivity contribution in [1.82, 2.24) is 0 Å². The number of ketones is 1. The Balaban J connectivity index is 2.15. The zero-order valence-corrected chi connectivity index (χ0v) is 14.8. The predicted octanol–water partition coefficient (Wildman–Crippen LogP) is 2.67. The van der Waals surface area contributed by atoms with E-state index in [2.05, 4.69) is 0 Å². The van der Waals surface area contributed by atoms with Gasteiger partial charge in [0.05, 0.1) is 6.61 Å². The SMILES string of the molecule is CC(CO)c1cc2c(cc1O)[C@]1(CO)CCC(=O)C(C)(C)[C@@H]1CC2. The molecule has 1 aromatic rings. The van der Waals surface area contributed by atoms with Crippen molar-refractivity contribution >= 4 is 5.78 Å². The summed E-state index contributed by atoms with van der Waals surface area (Å²) in [5, 5.41) is 30.2. The fraction of sp³-hybridized carbons (Fsp3) is 0.650. The largest absolute Gasteiger partial charge is 0.508 e. The van der Waals surface area contributed by atoms with Gasteiger partial charge >= 0.3 is 0 Å². The lowest BCUT2D eigenvalue weighted by Crippen LogP contribution is -2.55. The fourth-order valence-corrected chi connectivity index (χ4v) is 5.07. The van der Waals surface area contributed by atoms with E-state index in [0.29, 0.717) is 12.8 Å². The summed E-state index contributed by atoms with van der Waals surface area (Å²) in [6.07, 6.45) is 2.81. The lowest BCUT2D eigenvalue weighted by atomic mass is 9.49. The van der Waals surface area contributed by atoms with E-state index in [1.807, 2.05) is 26.8 Å². The summed E-state index contributed by atoms with van der Waals surface area (Å²) in [4.78, 5) is 12.4. The van der Waals surface area contributed by atoms with Gasteiger partial charge in [0.2, 0.25) is 0 Å². The van der Waals surface area contributed by atoms with Crippen molar-refractivity contribution in [1.29, 1.82) is 0 Å². The van der Waals surface area contributed by atoms with Crippen molar-refractivity contribution in [3.05, 3.63) is 28.8 Å². The van der Waals surface area contributed by atoms with Crippen LogP contribution in [0.1, 0.15) is 62.6 Å². The number of aromatic hydroxyl groups is 1. The third kappa shape index (κ3) is 2.31. The van der Waals surface area contributed by atoms with Crippen LogP contribution in [0, 0.1) is 11.3 Å². The van der Waals surface area contributed by atoms with Gasteiger partial charge in [0.15, 0.2) is 0 Å². The van der Waals surface area contributed by atoms with Crippen LogP contribution in [0.3, 0.4) is 0 Å². The number of hydrogen-bond donors (Lipinski definition) is 3. The van der Waals surface area contributed by atoms with Crippen molar-refractivity contribution in [2.45, 2.75) is 57.8 Å². The first-order valence-corrected chi connectivity index (χ1v) is 8.89. The van der Waals surface area contributed by atoms with Crippen LogP contribution in [0.15, 0.2) is 12.1 Å². The predicted molar refractivity (Wildman–Crippen MR) is 92.2 cm³/mol. The molecule has 24 heavy (non-hydrogen) atoms. The van der Waals surface area contributed by atoms with Crippen molar-refractivity contribution < 1.29 is 20.1 Å². The minimum Gasteiger partial charge on any atom is -0.508 e. The van der Waals surface area contributed by atoms with E-state index in [1.165, 1.54) is 0 Å². The minimum atomic E-state index is -0.455. The smallest absolute Gasteiger partial charge is 0.138 e. The van der Waals surface area contributed by atoms with E-state index in [9.17, 15) is 20.1 Å². The number of Topliss-reactive ketones (excluding diaryl/α,β-unsaturated/α-hetero) is 1. The third-order valence-corrected chi connectivity index (χ3v) is 6.63. The monoisotopic (exact) mass is 332 g/mol. The number of hydrogen-bond acceptors (Lipinski definition) is 4. The number of rotatable bonds is 3. The van der Waals surface area contributed by atoms with Crippen molar-refractivity contribution in [2.75, 3.05) is 13.2 Å². The highest BCUT2D eigenvalue weighted by atomic mass is 16.3. The Labute approximate surface area is 143 Å². The van der Waals surface area contributed by atoms with Gasteiger partial charge in [-0.15, -0.1) is 0 Å². The second kappa shape index (κ2) is 5.85. The summed E-state index contributed by atoms with van der Waals surface area (Å²) in [5.41, 5.74) is 1.98. The number of benzene rings is 1. The molecular formula is C20H28O4. The zero-order chi connectivity index (χ0) is 17.7. The molecule has 132 valence electrons. The lowest BCUT2D eigenvalue weighted by Gasteiger charge is -2.54. The Morgan fingerprint density at radius 2 is 1.96 bits per heavy atom. The van der Waals surface area contributed by atoms with Gasteiger partial charge in [0, 0.05) is 29.8 Å². The van der Waals surface area contributed by atoms with Crippen LogP contribution >= 0.6 is 0 Å². The van der Waals surface area contributed by atoms with Gasteiger partial charge in [0.1, 0.15) is 11.5 Å². The molecule has 0 aromatic heterocycles. The highest BCUT2D eigenvalue weighted by Crippen LogP contribution is 2.56. The van der Waals surface area contributed by atoms with Crippen LogP contribution < -0.4 is 0 Å². The van der Waals surface area contributed by atoms with Crippen LogP contribution in [0.25, 0.3) is 0 Å². The summed E-state index contributed by atoms with van der Waals surface area (Å²) in [6.45, 7) is 5.86. The summed E-state index contributed by atoms with van der Waals surface area (Å²) in [7, 11) is 0. The third-order valence-electron chi connectivity index (χ3n) is 6.63. The second-order valence-corrected chi connectivity index (χ2v) is 8.20. The normalized spacial score (nSPS) is 29.7. The number of aliphatic hydroxyl groups excluding tert-OH is 2. The number of phenolic OH excluding ortho intramolecular Hbond substituents is 1. The quantitative estimate of drug-likeness (QED) is 0.795. The van der Waals surface area contributed by atoms with Crippen LogP contribution in [-0.4, -0.2) is 34.3 Å². The minimum absolute atomic E-state index is 0.00425. The van der Waals surface area contributed by atoms with E-state index in [1.54, 1.807) is 6.07 Å². The number of aryl methyl sites for hydroxylation is 1. The average molecular weight is 332 g/mol. The maximum atomic E-state index is 12.4. The van der Waals surface area contributed by atoms with Gasteiger partial charge in [-0.1, -0.05) is 26.8 Å². The summed E-state index contributed by atoms with van der Waals surface area (Å²) >= 11 is 0. The molecule has 2 aliphatic rings. The van der Waals surface area contributed by atoms with E-state index in [0.717, 1.165) is 29.5 Å². The molecule has 0 amide bonds. The average Bonchev–Trinajstić information content (AvgIpc) is 2.57. The molecule has 0 bridgehead atoms. The Bertz CT molecular complexity index is 664. The van der Waals surface area contributed by atoms with Crippen LogP contribution in [-0.2, 0) is 16.6 Å². The lowest BCUT2D eigenvalue weighted by molar-refractivity contribution is -0.139. The molecule has 3 N–H and O–H groups in total. The molecule has 3 rings (SSSR count). The summed E-state index contributed by atoms with van der Waals surface area (Å²) in [5.74, 6) is 0.417. The highest BCUT2D eigenvalue weighted by molar-refractivity contribution is 5.86. The maximum Gasteiger partial charge on any atom is 0.138 e. The first-order valence-electron chi connectivity index (χ1n) is 8.89. The zero-order valence-electron chi connectivity index (χ0n) is 14.8. The van der Waals surface area contributed by atoms with Crippen LogP contribution in [0.5, 0.6) is 5.75 Å². The van der Waals surface area contributed by atoms with Gasteiger partial charge in [-0.25, -0.2) is 0 Å². The van der Waals surface area contributed by atoms with Gasteiger partial charge < -0.3 is 15.3 Å². The van der Waals surface area contributed by atoms with Gasteiger partial charge in [-0.2, -0.15) is 0 Å². The Morgan fingerprint density at radius 3 is 2.58 bits per heavy atom. The van der Waals surface area contributed by atoms with Crippen LogP contribution in [0.4, 0.5) is 0 Å². The van der Waals surface area contributed by atoms with Crippen molar-refractivity contribution in [3.63, 3.8) is 0 Å². The first-order chi connectivity index (χ1) is 11.3. The standard InChI is InChI=1S/C20H28O4/c1-12(10-21)14-8-13-4-5-17-19(2,3)18(24)6-7-20(17,11-22)15(13)9-16(14)23/h8-9,12,17,21-23H,4-7,10-11H2,1-3H3/t12?,17-,20+/m0/s1. The van der Waals surface area contributed by atoms with Gasteiger partial charge in [-0.3, -0.25) is 4.79 Å². The van der Waals surface area contributed by atoms with Gasteiger partial charge in [0.25, 0.3) is 0 Å². The van der Waals surface area contributed by atoms with Crippen molar-refractivity contribution in [2.24, 2.45) is 11.3 Å². The number of carbonyl (C=O) groups is 1. The molecule has 1 fully saturated rings. The van der Waals surface area contributed by atoms with Crippen molar-refractivity contribution in [3.8, 4) is 5.75 Å². The molecule has 3 atom stereocenters. The summed E-state index contributed by atoms with van der Waals surface area (Å²) < 4.78 is 0. The molecule has 0 aliphatic heterocycles. The Morgan fingerprint density at radius 1 is 1.25 bits per heavy atom. The molecule has 1 saturated carbocycles. The topological polar surface area (TPSA) is 77.8 Å². The number of aliphatic hydroxyl groups is 2. The van der Waals surface area contributed by atoms with Crippen LogP contribution in [0.2, 0.25) is 0 Å². The Hall–Kier alpha value is -1.39. The summed E-state index contributed by atoms with van der Waals surface area (Å²) in [6, 6.07) is 3.77. The maximum absolute atomic E-state index is 12.4. The molecule has 2 aliphatic carbocycles. The second-order valence-electron chi connectivity index (χ2n) is 8.20. The molecule has 1 aromatic carbocycles. The molecule has 0 spiro atoms. The molecule has 0 saturated heterocycles. The number of fused-ring (bicyclic) bond motifs is 3. The van der Waals surface area contributed by atoms with E-state index in [4.69, 9.17) is 0 Å². The fourth-order valence-electron chi connectivity index (χ4n) is 5.07. The molecule has 4 nitrogen and oxygen atoms in total. The van der Waals surface area contributed by atoms with E-state index < -0.39 is 10.8 Å². The molecule has 4 heteroatoms. The van der Waals surface area contributed by atoms with Gasteiger partial charge in [-0.05, 0) is 47.9 Å². The van der Waals surface area contributed by atoms with E-state index >= 15 is 0 Å².